The molecule has 1 aliphatic carbocycles. The van der Waals surface area contributed by atoms with Crippen LogP contribution in [0.15, 0.2) is 12.1 Å². The maximum atomic E-state index is 5.61. The van der Waals surface area contributed by atoms with Gasteiger partial charge in [-0.15, -0.1) is 0 Å². The third-order valence-electron chi connectivity index (χ3n) is 4.51. The Morgan fingerprint density at radius 1 is 0.952 bits per heavy atom. The molecule has 1 fully saturated rings. The van der Waals surface area contributed by atoms with Crippen molar-refractivity contribution in [3.63, 3.8) is 0 Å². The quantitative estimate of drug-likeness (QED) is 0.696. The number of alkyl halides is 1. The molecule has 3 nitrogen and oxygen atoms in total. The van der Waals surface area contributed by atoms with E-state index in [1.807, 2.05) is 6.07 Å². The molecule has 118 valence electrons. The summed E-state index contributed by atoms with van der Waals surface area (Å²) in [6, 6.07) is 4.04. The van der Waals surface area contributed by atoms with E-state index in [0.29, 0.717) is 22.2 Å². The van der Waals surface area contributed by atoms with Gasteiger partial charge in [0.15, 0.2) is 11.5 Å². The zero-order valence-electron chi connectivity index (χ0n) is 13.3. The minimum absolute atomic E-state index is 0.291. The molecule has 0 saturated heterocycles. The van der Waals surface area contributed by atoms with Gasteiger partial charge in [0.2, 0.25) is 5.75 Å². The minimum atomic E-state index is 0.291. The summed E-state index contributed by atoms with van der Waals surface area (Å²) in [5.41, 5.74) is 1.15. The molecule has 0 radical (unpaired) electrons. The lowest BCUT2D eigenvalue weighted by Crippen LogP contribution is -2.17. The molecule has 0 N–H and O–H groups in total. The zero-order chi connectivity index (χ0) is 15.4. The van der Waals surface area contributed by atoms with Crippen molar-refractivity contribution in [3.05, 3.63) is 17.7 Å². The van der Waals surface area contributed by atoms with Crippen molar-refractivity contribution in [2.24, 2.45) is 11.8 Å². The highest BCUT2D eigenvalue weighted by Crippen LogP contribution is 2.49. The fourth-order valence-corrected chi connectivity index (χ4v) is 4.06. The van der Waals surface area contributed by atoms with Crippen LogP contribution in [0.4, 0.5) is 0 Å². The SMILES string of the molecule is COc1ccc(C(Br)C2CCC(C)CC2)c(OC)c1OC. The molecule has 0 heterocycles. The molecular weight excluding hydrogens is 332 g/mol. The summed E-state index contributed by atoms with van der Waals surface area (Å²) in [5, 5.41) is 0. The fourth-order valence-electron chi connectivity index (χ4n) is 3.17. The van der Waals surface area contributed by atoms with Crippen LogP contribution in [0.1, 0.15) is 43.0 Å². The van der Waals surface area contributed by atoms with Crippen LogP contribution in [-0.2, 0) is 0 Å². The summed E-state index contributed by atoms with van der Waals surface area (Å²) in [6.45, 7) is 2.34. The Balaban J connectivity index is 2.30. The van der Waals surface area contributed by atoms with E-state index in [1.54, 1.807) is 21.3 Å². The molecule has 21 heavy (non-hydrogen) atoms. The van der Waals surface area contributed by atoms with Gasteiger partial charge in [-0.2, -0.15) is 0 Å². The first-order valence-corrected chi connectivity index (χ1v) is 8.46. The van der Waals surface area contributed by atoms with Gasteiger partial charge in [0.05, 0.1) is 21.3 Å². The second kappa shape index (κ2) is 7.39. The van der Waals surface area contributed by atoms with Gasteiger partial charge in [-0.1, -0.05) is 41.8 Å². The van der Waals surface area contributed by atoms with Crippen LogP contribution in [0.5, 0.6) is 17.2 Å². The van der Waals surface area contributed by atoms with Crippen LogP contribution in [0.25, 0.3) is 0 Å². The van der Waals surface area contributed by atoms with E-state index in [1.165, 1.54) is 25.7 Å². The summed E-state index contributed by atoms with van der Waals surface area (Å²) < 4.78 is 16.4. The predicted molar refractivity (Wildman–Crippen MR) is 88.9 cm³/mol. The number of methoxy groups -OCH3 is 3. The van der Waals surface area contributed by atoms with Gasteiger partial charge in [-0.25, -0.2) is 0 Å². The van der Waals surface area contributed by atoms with E-state index >= 15 is 0 Å². The lowest BCUT2D eigenvalue weighted by molar-refractivity contribution is 0.282. The second-order valence-corrected chi connectivity index (χ2v) is 6.83. The molecule has 2 rings (SSSR count). The highest BCUT2D eigenvalue weighted by atomic mass is 79.9. The van der Waals surface area contributed by atoms with Crippen molar-refractivity contribution in [2.75, 3.05) is 21.3 Å². The zero-order valence-corrected chi connectivity index (χ0v) is 14.9. The first kappa shape index (κ1) is 16.5. The number of benzene rings is 1. The molecule has 1 aliphatic rings. The topological polar surface area (TPSA) is 27.7 Å². The third kappa shape index (κ3) is 3.47. The van der Waals surface area contributed by atoms with Gasteiger partial charge in [0.1, 0.15) is 0 Å². The van der Waals surface area contributed by atoms with E-state index < -0.39 is 0 Å². The molecule has 0 aliphatic heterocycles. The molecule has 1 atom stereocenters. The van der Waals surface area contributed by atoms with Crippen molar-refractivity contribution in [1.29, 1.82) is 0 Å². The van der Waals surface area contributed by atoms with Gasteiger partial charge < -0.3 is 14.2 Å². The summed E-state index contributed by atoms with van der Waals surface area (Å²) in [4.78, 5) is 0.291. The summed E-state index contributed by atoms with van der Waals surface area (Å²) >= 11 is 3.89. The van der Waals surface area contributed by atoms with E-state index in [-0.39, 0.29) is 0 Å². The monoisotopic (exact) mass is 356 g/mol. The van der Waals surface area contributed by atoms with Crippen molar-refractivity contribution in [2.45, 2.75) is 37.4 Å². The number of halogens is 1. The summed E-state index contributed by atoms with van der Waals surface area (Å²) in [6.07, 6.45) is 5.13. The summed E-state index contributed by atoms with van der Waals surface area (Å²) in [7, 11) is 4.98. The van der Waals surface area contributed by atoms with Crippen LogP contribution < -0.4 is 14.2 Å². The number of rotatable bonds is 5. The standard InChI is InChI=1S/C17H25BrO3/c1-11-5-7-12(8-6-11)15(18)13-9-10-14(19-2)17(21-4)16(13)20-3/h9-12,15H,5-8H2,1-4H3. The molecule has 4 heteroatoms. The van der Waals surface area contributed by atoms with E-state index in [2.05, 4.69) is 28.9 Å². The van der Waals surface area contributed by atoms with E-state index in [0.717, 1.165) is 17.2 Å². The second-order valence-electron chi connectivity index (χ2n) is 5.85. The smallest absolute Gasteiger partial charge is 0.203 e. The molecule has 0 amide bonds. The van der Waals surface area contributed by atoms with Crippen molar-refractivity contribution >= 4 is 15.9 Å². The van der Waals surface area contributed by atoms with Gasteiger partial charge in [0, 0.05) is 10.4 Å². The van der Waals surface area contributed by atoms with Crippen LogP contribution >= 0.6 is 15.9 Å². The largest absolute Gasteiger partial charge is 0.493 e. The van der Waals surface area contributed by atoms with Crippen molar-refractivity contribution in [1.82, 2.24) is 0 Å². The molecule has 1 aromatic carbocycles. The number of ether oxygens (including phenoxy) is 3. The Kier molecular flexibility index (Phi) is 5.80. The van der Waals surface area contributed by atoms with Crippen LogP contribution in [0.2, 0.25) is 0 Å². The lowest BCUT2D eigenvalue weighted by Gasteiger charge is -2.31. The Morgan fingerprint density at radius 3 is 2.10 bits per heavy atom. The Morgan fingerprint density at radius 2 is 1.57 bits per heavy atom. The van der Waals surface area contributed by atoms with E-state index in [4.69, 9.17) is 14.2 Å². The minimum Gasteiger partial charge on any atom is -0.493 e. The van der Waals surface area contributed by atoms with Crippen LogP contribution in [0.3, 0.4) is 0 Å². The van der Waals surface area contributed by atoms with Crippen molar-refractivity contribution in [3.8, 4) is 17.2 Å². The van der Waals surface area contributed by atoms with Gasteiger partial charge >= 0.3 is 0 Å². The van der Waals surface area contributed by atoms with Gasteiger partial charge in [0.25, 0.3) is 0 Å². The number of hydrogen-bond acceptors (Lipinski definition) is 3. The maximum absolute atomic E-state index is 5.61. The summed E-state index contributed by atoms with van der Waals surface area (Å²) in [5.74, 6) is 3.65. The lowest BCUT2D eigenvalue weighted by atomic mass is 9.80. The average molecular weight is 357 g/mol. The molecule has 0 spiro atoms. The molecular formula is C17H25BrO3. The normalized spacial score (nSPS) is 23.5. The Hall–Kier alpha value is -0.900. The molecule has 0 aromatic heterocycles. The first-order chi connectivity index (χ1) is 10.1. The van der Waals surface area contributed by atoms with E-state index in [9.17, 15) is 0 Å². The van der Waals surface area contributed by atoms with Crippen LogP contribution in [-0.4, -0.2) is 21.3 Å². The fraction of sp³-hybridized carbons (Fsp3) is 0.647. The van der Waals surface area contributed by atoms with Crippen molar-refractivity contribution < 1.29 is 14.2 Å². The average Bonchev–Trinajstić information content (AvgIpc) is 2.53. The van der Waals surface area contributed by atoms with Crippen LogP contribution in [0, 0.1) is 11.8 Å². The maximum Gasteiger partial charge on any atom is 0.203 e. The Labute approximate surface area is 136 Å². The molecule has 1 aromatic rings. The first-order valence-electron chi connectivity index (χ1n) is 7.55. The molecule has 1 saturated carbocycles. The molecule has 1 unspecified atom stereocenters. The highest BCUT2D eigenvalue weighted by Gasteiger charge is 2.29. The predicted octanol–water partition coefficient (Wildman–Crippen LogP) is 4.97. The van der Waals surface area contributed by atoms with Gasteiger partial charge in [-0.05, 0) is 30.7 Å². The Bertz CT molecular complexity index is 467. The number of hydrogen-bond donors (Lipinski definition) is 0. The van der Waals surface area contributed by atoms with Gasteiger partial charge in [-0.3, -0.25) is 0 Å². The third-order valence-corrected chi connectivity index (χ3v) is 5.75. The molecule has 0 bridgehead atoms. The highest BCUT2D eigenvalue weighted by molar-refractivity contribution is 9.09.